The molecular formula is C25H24FN7S2. The van der Waals surface area contributed by atoms with Crippen molar-refractivity contribution in [3.8, 4) is 17.3 Å². The second-order valence-electron chi connectivity index (χ2n) is 8.15. The van der Waals surface area contributed by atoms with Crippen molar-refractivity contribution in [3.63, 3.8) is 0 Å². The second-order valence-corrected chi connectivity index (χ2v) is 9.87. The molecule has 1 aromatic carbocycles. The van der Waals surface area contributed by atoms with E-state index in [9.17, 15) is 9.65 Å². The molecule has 4 heterocycles. The maximum Gasteiger partial charge on any atom is 0.191 e. The molecule has 3 aromatic heterocycles. The molecule has 0 radical (unpaired) electrons. The van der Waals surface area contributed by atoms with Gasteiger partial charge in [0.2, 0.25) is 0 Å². The first-order valence-electron chi connectivity index (χ1n) is 11.3. The number of benzene rings is 1. The molecule has 7 nitrogen and oxygen atoms in total. The summed E-state index contributed by atoms with van der Waals surface area (Å²) in [5.41, 5.74) is 5.44. The number of imidazole rings is 1. The summed E-state index contributed by atoms with van der Waals surface area (Å²) in [6.07, 6.45) is 6.05. The summed E-state index contributed by atoms with van der Waals surface area (Å²) >= 11 is 3.22. The Morgan fingerprint density at radius 3 is 2.80 bits per heavy atom. The number of anilines is 2. The van der Waals surface area contributed by atoms with Crippen molar-refractivity contribution in [1.29, 1.82) is 5.26 Å². The Hall–Kier alpha value is -3.26. The molecule has 10 heteroatoms. The molecule has 1 aliphatic rings. The van der Waals surface area contributed by atoms with Crippen LogP contribution < -0.4 is 4.90 Å². The molecule has 4 aromatic rings. The van der Waals surface area contributed by atoms with E-state index in [1.54, 1.807) is 18.0 Å². The average molecular weight is 506 g/mol. The highest BCUT2D eigenvalue weighted by atomic mass is 32.2. The van der Waals surface area contributed by atoms with Gasteiger partial charge in [0.15, 0.2) is 16.6 Å². The molecule has 0 saturated carbocycles. The zero-order valence-electron chi connectivity index (χ0n) is 19.7. The molecule has 0 bridgehead atoms. The number of hydrogen-bond acceptors (Lipinski definition) is 8. The van der Waals surface area contributed by atoms with E-state index >= 15 is 0 Å². The molecule has 0 fully saturated rings. The summed E-state index contributed by atoms with van der Waals surface area (Å²) in [6, 6.07) is 10.3. The molecule has 0 amide bonds. The molecule has 178 valence electrons. The summed E-state index contributed by atoms with van der Waals surface area (Å²) in [6.45, 7) is 3.98. The minimum absolute atomic E-state index is 0.264. The molecule has 0 N–H and O–H groups in total. The SMILES string of the molecule is CCc1nc2ccc(C3=CCN(SC)CC3)nn2c1N(C)c1nc(-c2ccc(F)cc2C#N)cs1. The van der Waals surface area contributed by atoms with Crippen LogP contribution >= 0.6 is 23.3 Å². The monoisotopic (exact) mass is 505 g/mol. The van der Waals surface area contributed by atoms with Gasteiger partial charge < -0.3 is 4.90 Å². The maximum atomic E-state index is 13.6. The normalized spacial score (nSPS) is 14.2. The summed E-state index contributed by atoms with van der Waals surface area (Å²) in [4.78, 5) is 11.6. The predicted molar refractivity (Wildman–Crippen MR) is 140 cm³/mol. The highest BCUT2D eigenvalue weighted by molar-refractivity contribution is 7.96. The molecular weight excluding hydrogens is 481 g/mol. The summed E-state index contributed by atoms with van der Waals surface area (Å²) in [5, 5.41) is 17.0. The quantitative estimate of drug-likeness (QED) is 0.318. The largest absolute Gasteiger partial charge is 0.304 e. The number of nitrogens with zero attached hydrogens (tertiary/aromatic N) is 7. The highest BCUT2D eigenvalue weighted by Crippen LogP contribution is 2.35. The van der Waals surface area contributed by atoms with Gasteiger partial charge in [0.25, 0.3) is 0 Å². The van der Waals surface area contributed by atoms with Crippen LogP contribution in [0.5, 0.6) is 0 Å². The first-order chi connectivity index (χ1) is 17.0. The number of aryl methyl sites for hydroxylation is 1. The number of thiazole rings is 1. The van der Waals surface area contributed by atoms with E-state index < -0.39 is 5.82 Å². The van der Waals surface area contributed by atoms with Gasteiger partial charge in [0.1, 0.15) is 5.82 Å². The van der Waals surface area contributed by atoms with Crippen LogP contribution in [0.3, 0.4) is 0 Å². The lowest BCUT2D eigenvalue weighted by atomic mass is 10.1. The third-order valence-corrected chi connectivity index (χ3v) is 7.86. The number of rotatable bonds is 6. The van der Waals surface area contributed by atoms with Gasteiger partial charge in [0.05, 0.1) is 28.7 Å². The van der Waals surface area contributed by atoms with Crippen LogP contribution in [0, 0.1) is 17.1 Å². The number of halogens is 1. The summed E-state index contributed by atoms with van der Waals surface area (Å²) in [5.74, 6) is 0.430. The van der Waals surface area contributed by atoms with Gasteiger partial charge in [-0.1, -0.05) is 24.9 Å². The minimum Gasteiger partial charge on any atom is -0.304 e. The van der Waals surface area contributed by atoms with Gasteiger partial charge in [-0.05, 0) is 55.0 Å². The van der Waals surface area contributed by atoms with Crippen LogP contribution in [0.1, 0.15) is 30.3 Å². The molecule has 35 heavy (non-hydrogen) atoms. The van der Waals surface area contributed by atoms with Crippen molar-refractivity contribution in [2.75, 3.05) is 31.3 Å². The fraction of sp³-hybridized carbons (Fsp3) is 0.280. The van der Waals surface area contributed by atoms with Gasteiger partial charge in [-0.15, -0.1) is 11.3 Å². The minimum atomic E-state index is -0.438. The van der Waals surface area contributed by atoms with Crippen LogP contribution in [0.2, 0.25) is 0 Å². The van der Waals surface area contributed by atoms with E-state index in [0.29, 0.717) is 11.3 Å². The zero-order valence-corrected chi connectivity index (χ0v) is 21.3. The Morgan fingerprint density at radius 1 is 1.23 bits per heavy atom. The van der Waals surface area contributed by atoms with Crippen LogP contribution in [-0.4, -0.2) is 50.3 Å². The van der Waals surface area contributed by atoms with Gasteiger partial charge >= 0.3 is 0 Å². The van der Waals surface area contributed by atoms with Crippen molar-refractivity contribution < 1.29 is 4.39 Å². The molecule has 0 spiro atoms. The summed E-state index contributed by atoms with van der Waals surface area (Å²) in [7, 11) is 1.95. The topological polar surface area (TPSA) is 73.4 Å². The third kappa shape index (κ3) is 4.43. The average Bonchev–Trinajstić information content (AvgIpc) is 3.53. The first kappa shape index (κ1) is 23.5. The lowest BCUT2D eigenvalue weighted by Crippen LogP contribution is -2.21. The first-order valence-corrected chi connectivity index (χ1v) is 13.3. The van der Waals surface area contributed by atoms with Crippen LogP contribution in [0.4, 0.5) is 15.3 Å². The van der Waals surface area contributed by atoms with Crippen LogP contribution in [-0.2, 0) is 6.42 Å². The standard InChI is InChI=1S/C25H24FN7S2/c1-4-20-24(31(2)25-29-22(15-35-25)19-6-5-18(26)13-17(19)14-27)33-23(28-20)8-7-21(30-33)16-9-11-32(34-3)12-10-16/h5-9,13,15H,4,10-12H2,1-3H3. The number of aromatic nitrogens is 4. The van der Waals surface area contributed by atoms with Crippen molar-refractivity contribution >= 4 is 45.5 Å². The van der Waals surface area contributed by atoms with Crippen molar-refractivity contribution in [2.45, 2.75) is 19.8 Å². The summed E-state index contributed by atoms with van der Waals surface area (Å²) < 4.78 is 17.8. The van der Waals surface area contributed by atoms with Crippen molar-refractivity contribution in [2.24, 2.45) is 0 Å². The van der Waals surface area contributed by atoms with Crippen molar-refractivity contribution in [3.05, 3.63) is 64.6 Å². The Bertz CT molecular complexity index is 1470. The number of hydrogen-bond donors (Lipinski definition) is 0. The van der Waals surface area contributed by atoms with E-state index in [1.165, 1.54) is 29.0 Å². The molecule has 1 aliphatic heterocycles. The van der Waals surface area contributed by atoms with Gasteiger partial charge in [-0.3, -0.25) is 0 Å². The van der Waals surface area contributed by atoms with Gasteiger partial charge in [0, 0.05) is 31.1 Å². The third-order valence-electron chi connectivity index (χ3n) is 6.09. The lowest BCUT2D eigenvalue weighted by Gasteiger charge is -2.23. The zero-order chi connectivity index (χ0) is 24.5. The van der Waals surface area contributed by atoms with E-state index in [0.717, 1.165) is 53.9 Å². The highest BCUT2D eigenvalue weighted by Gasteiger charge is 2.22. The smallest absolute Gasteiger partial charge is 0.191 e. The Balaban J connectivity index is 1.53. The van der Waals surface area contributed by atoms with Crippen molar-refractivity contribution in [1.82, 2.24) is 23.9 Å². The number of fused-ring (bicyclic) bond motifs is 1. The van der Waals surface area contributed by atoms with Crippen LogP contribution in [0.15, 0.2) is 41.8 Å². The molecule has 0 atom stereocenters. The van der Waals surface area contributed by atoms with Crippen LogP contribution in [0.25, 0.3) is 22.5 Å². The van der Waals surface area contributed by atoms with E-state index in [4.69, 9.17) is 15.1 Å². The van der Waals surface area contributed by atoms with E-state index in [2.05, 4.69) is 29.6 Å². The van der Waals surface area contributed by atoms with E-state index in [-0.39, 0.29) is 5.56 Å². The molecule has 0 aliphatic carbocycles. The Kier molecular flexibility index (Phi) is 6.56. The maximum absolute atomic E-state index is 13.6. The van der Waals surface area contributed by atoms with E-state index in [1.807, 2.05) is 34.0 Å². The molecule has 0 unspecified atom stereocenters. The molecule has 0 saturated heterocycles. The molecule has 5 rings (SSSR count). The fourth-order valence-corrected chi connectivity index (χ4v) is 5.52. The van der Waals surface area contributed by atoms with Gasteiger partial charge in [-0.2, -0.15) is 14.9 Å². The predicted octanol–water partition coefficient (Wildman–Crippen LogP) is 5.56. The lowest BCUT2D eigenvalue weighted by molar-refractivity contribution is 0.517. The fourth-order valence-electron chi connectivity index (χ4n) is 4.23. The second kappa shape index (κ2) is 9.77. The Labute approximate surface area is 211 Å². The Morgan fingerprint density at radius 2 is 2.09 bits per heavy atom. The number of nitriles is 1. The van der Waals surface area contributed by atoms with Gasteiger partial charge in [-0.25, -0.2) is 18.7 Å².